The number of anilines is 2. The van der Waals surface area contributed by atoms with E-state index in [0.29, 0.717) is 17.3 Å². The van der Waals surface area contributed by atoms with Crippen molar-refractivity contribution in [2.75, 3.05) is 10.6 Å². The zero-order chi connectivity index (χ0) is 16.2. The first-order chi connectivity index (χ1) is 11.1. The van der Waals surface area contributed by atoms with E-state index in [1.165, 1.54) is 19.8 Å². The van der Waals surface area contributed by atoms with Crippen molar-refractivity contribution in [3.63, 3.8) is 0 Å². The van der Waals surface area contributed by atoms with E-state index in [0.717, 1.165) is 18.7 Å². The summed E-state index contributed by atoms with van der Waals surface area (Å²) in [5, 5.41) is 9.94. The van der Waals surface area contributed by atoms with Gasteiger partial charge in [-0.3, -0.25) is 9.59 Å². The normalized spacial score (nSPS) is 14.7. The highest BCUT2D eigenvalue weighted by molar-refractivity contribution is 6.04. The van der Waals surface area contributed by atoms with E-state index in [9.17, 15) is 9.59 Å². The standard InChI is InChI=1S/C17H20N4O2/c1-12(22)19-14-8-6-13(7-9-14)17(23)20-16-10-11-18-21(16)15-4-2-3-5-15/h6-11,15H,2-5H2,1H3,(H,19,22)(H,20,23). The summed E-state index contributed by atoms with van der Waals surface area (Å²) in [6, 6.07) is 9.01. The summed E-state index contributed by atoms with van der Waals surface area (Å²) in [7, 11) is 0. The van der Waals surface area contributed by atoms with Crippen molar-refractivity contribution < 1.29 is 9.59 Å². The number of benzene rings is 1. The van der Waals surface area contributed by atoms with E-state index in [4.69, 9.17) is 0 Å². The SMILES string of the molecule is CC(=O)Nc1ccc(C(=O)Nc2ccnn2C2CCCC2)cc1. The Labute approximate surface area is 134 Å². The fraction of sp³-hybridized carbons (Fsp3) is 0.353. The third-order valence-electron chi connectivity index (χ3n) is 4.05. The van der Waals surface area contributed by atoms with Crippen molar-refractivity contribution in [1.82, 2.24) is 9.78 Å². The third-order valence-corrected chi connectivity index (χ3v) is 4.05. The van der Waals surface area contributed by atoms with Gasteiger partial charge in [-0.1, -0.05) is 12.8 Å². The molecule has 0 spiro atoms. The molecule has 1 fully saturated rings. The molecular formula is C17H20N4O2. The monoisotopic (exact) mass is 312 g/mol. The lowest BCUT2D eigenvalue weighted by atomic mass is 10.2. The highest BCUT2D eigenvalue weighted by Crippen LogP contribution is 2.31. The van der Waals surface area contributed by atoms with Crippen LogP contribution in [-0.2, 0) is 4.79 Å². The molecular weight excluding hydrogens is 292 g/mol. The van der Waals surface area contributed by atoms with E-state index in [-0.39, 0.29) is 11.8 Å². The Morgan fingerprint density at radius 2 is 1.78 bits per heavy atom. The summed E-state index contributed by atoms with van der Waals surface area (Å²) in [6.07, 6.45) is 6.35. The minimum absolute atomic E-state index is 0.136. The largest absolute Gasteiger partial charge is 0.326 e. The van der Waals surface area contributed by atoms with Crippen LogP contribution in [0.25, 0.3) is 0 Å². The van der Waals surface area contributed by atoms with Crippen LogP contribution in [0.1, 0.15) is 49.0 Å². The first-order valence-corrected chi connectivity index (χ1v) is 7.86. The van der Waals surface area contributed by atoms with Crippen molar-refractivity contribution in [1.29, 1.82) is 0 Å². The fourth-order valence-electron chi connectivity index (χ4n) is 2.95. The van der Waals surface area contributed by atoms with Gasteiger partial charge in [-0.15, -0.1) is 0 Å². The second-order valence-electron chi connectivity index (χ2n) is 5.81. The lowest BCUT2D eigenvalue weighted by molar-refractivity contribution is -0.114. The van der Waals surface area contributed by atoms with Crippen LogP contribution in [0.5, 0.6) is 0 Å². The second-order valence-corrected chi connectivity index (χ2v) is 5.81. The number of carbonyl (C=O) groups excluding carboxylic acids is 2. The van der Waals surface area contributed by atoms with Gasteiger partial charge in [0.25, 0.3) is 5.91 Å². The lowest BCUT2D eigenvalue weighted by Gasteiger charge is -2.14. The highest BCUT2D eigenvalue weighted by atomic mass is 16.2. The molecule has 3 rings (SSSR count). The Morgan fingerprint density at radius 1 is 1.09 bits per heavy atom. The van der Waals surface area contributed by atoms with E-state index in [1.54, 1.807) is 30.5 Å². The molecule has 1 aromatic heterocycles. The molecule has 6 heteroatoms. The molecule has 0 bridgehead atoms. The molecule has 2 N–H and O–H groups in total. The van der Waals surface area contributed by atoms with Crippen LogP contribution in [0.2, 0.25) is 0 Å². The molecule has 2 amide bonds. The Bertz CT molecular complexity index is 700. The molecule has 6 nitrogen and oxygen atoms in total. The van der Waals surface area contributed by atoms with Crippen LogP contribution in [0.3, 0.4) is 0 Å². The lowest BCUT2D eigenvalue weighted by Crippen LogP contribution is -2.17. The summed E-state index contributed by atoms with van der Waals surface area (Å²) in [6.45, 7) is 1.45. The molecule has 1 aliphatic carbocycles. The number of nitrogens with one attached hydrogen (secondary N) is 2. The van der Waals surface area contributed by atoms with E-state index >= 15 is 0 Å². The van der Waals surface area contributed by atoms with Gasteiger partial charge in [0.2, 0.25) is 5.91 Å². The summed E-state index contributed by atoms with van der Waals surface area (Å²) in [5.41, 5.74) is 1.21. The molecule has 0 atom stereocenters. The maximum atomic E-state index is 12.4. The first-order valence-electron chi connectivity index (χ1n) is 7.86. The molecule has 0 saturated heterocycles. The second kappa shape index (κ2) is 6.64. The predicted octanol–water partition coefficient (Wildman–Crippen LogP) is 3.21. The van der Waals surface area contributed by atoms with Crippen molar-refractivity contribution in [2.45, 2.75) is 38.6 Å². The van der Waals surface area contributed by atoms with Crippen molar-refractivity contribution in [3.05, 3.63) is 42.1 Å². The van der Waals surface area contributed by atoms with Gasteiger partial charge in [0.1, 0.15) is 5.82 Å². The van der Waals surface area contributed by atoms with Gasteiger partial charge in [-0.25, -0.2) is 4.68 Å². The van der Waals surface area contributed by atoms with Crippen molar-refractivity contribution in [3.8, 4) is 0 Å². The number of carbonyl (C=O) groups is 2. The van der Waals surface area contributed by atoms with Crippen LogP contribution in [0, 0.1) is 0 Å². The first kappa shape index (κ1) is 15.3. The zero-order valence-electron chi connectivity index (χ0n) is 13.1. The van der Waals surface area contributed by atoms with E-state index in [1.807, 2.05) is 10.7 Å². The van der Waals surface area contributed by atoms with Gasteiger partial charge in [-0.2, -0.15) is 5.10 Å². The number of rotatable bonds is 4. The molecule has 2 aromatic rings. The molecule has 0 aliphatic heterocycles. The topological polar surface area (TPSA) is 76.0 Å². The predicted molar refractivity (Wildman–Crippen MR) is 88.4 cm³/mol. The quantitative estimate of drug-likeness (QED) is 0.910. The summed E-state index contributed by atoms with van der Waals surface area (Å²) >= 11 is 0. The molecule has 1 saturated carbocycles. The number of hydrogen-bond donors (Lipinski definition) is 2. The average molecular weight is 312 g/mol. The van der Waals surface area contributed by atoms with Crippen LogP contribution in [-0.4, -0.2) is 21.6 Å². The molecule has 0 unspecified atom stereocenters. The zero-order valence-corrected chi connectivity index (χ0v) is 13.1. The summed E-state index contributed by atoms with van der Waals surface area (Å²) in [5.74, 6) is 0.412. The van der Waals surface area contributed by atoms with E-state index in [2.05, 4.69) is 15.7 Å². The summed E-state index contributed by atoms with van der Waals surface area (Å²) < 4.78 is 1.91. The van der Waals surface area contributed by atoms with Crippen LogP contribution >= 0.6 is 0 Å². The van der Waals surface area contributed by atoms with Gasteiger partial charge >= 0.3 is 0 Å². The Morgan fingerprint density at radius 3 is 2.43 bits per heavy atom. The molecule has 0 radical (unpaired) electrons. The molecule has 23 heavy (non-hydrogen) atoms. The third kappa shape index (κ3) is 3.59. The maximum Gasteiger partial charge on any atom is 0.256 e. The molecule has 120 valence electrons. The Balaban J connectivity index is 1.69. The van der Waals surface area contributed by atoms with Gasteiger partial charge in [-0.05, 0) is 37.1 Å². The number of amides is 2. The number of aromatic nitrogens is 2. The van der Waals surface area contributed by atoms with Crippen LogP contribution in [0.4, 0.5) is 11.5 Å². The maximum absolute atomic E-state index is 12.4. The highest BCUT2D eigenvalue weighted by Gasteiger charge is 2.20. The Kier molecular flexibility index (Phi) is 4.41. The van der Waals surface area contributed by atoms with Gasteiger partial charge in [0, 0.05) is 24.2 Å². The molecule has 1 aromatic carbocycles. The van der Waals surface area contributed by atoms with Gasteiger partial charge in [0.15, 0.2) is 0 Å². The Hall–Kier alpha value is -2.63. The van der Waals surface area contributed by atoms with Crippen LogP contribution in [0.15, 0.2) is 36.5 Å². The summed E-state index contributed by atoms with van der Waals surface area (Å²) in [4.78, 5) is 23.4. The van der Waals surface area contributed by atoms with Crippen LogP contribution < -0.4 is 10.6 Å². The van der Waals surface area contributed by atoms with Crippen molar-refractivity contribution in [2.24, 2.45) is 0 Å². The van der Waals surface area contributed by atoms with Crippen molar-refractivity contribution >= 4 is 23.3 Å². The molecule has 1 heterocycles. The average Bonchev–Trinajstić information content (AvgIpc) is 3.18. The fourth-order valence-corrected chi connectivity index (χ4v) is 2.95. The van der Waals surface area contributed by atoms with Gasteiger partial charge < -0.3 is 10.6 Å². The van der Waals surface area contributed by atoms with Gasteiger partial charge in [0.05, 0.1) is 12.2 Å². The van der Waals surface area contributed by atoms with E-state index < -0.39 is 0 Å². The molecule has 1 aliphatic rings. The minimum atomic E-state index is -0.181. The minimum Gasteiger partial charge on any atom is -0.326 e. The number of nitrogens with zero attached hydrogens (tertiary/aromatic N) is 2. The number of hydrogen-bond acceptors (Lipinski definition) is 3. The smallest absolute Gasteiger partial charge is 0.256 e.